The van der Waals surface area contributed by atoms with Crippen molar-refractivity contribution in [3.63, 3.8) is 0 Å². The number of rotatable bonds is 3. The van der Waals surface area contributed by atoms with Crippen molar-refractivity contribution in [2.75, 3.05) is 18.0 Å². The molecule has 0 aromatic carbocycles. The molecule has 0 saturated carbocycles. The van der Waals surface area contributed by atoms with Gasteiger partial charge in [0, 0.05) is 37.2 Å². The molecule has 7 nitrogen and oxygen atoms in total. The van der Waals surface area contributed by atoms with E-state index in [1.807, 2.05) is 37.1 Å². The Morgan fingerprint density at radius 2 is 2.04 bits per heavy atom. The molecule has 0 amide bonds. The van der Waals surface area contributed by atoms with Crippen LogP contribution in [0.1, 0.15) is 24.3 Å². The number of aromatic nitrogens is 4. The summed E-state index contributed by atoms with van der Waals surface area (Å²) in [6.45, 7) is 5.19. The van der Waals surface area contributed by atoms with Crippen LogP contribution in [0.5, 0.6) is 0 Å². The fourth-order valence-corrected chi connectivity index (χ4v) is 3.42. The van der Waals surface area contributed by atoms with Crippen LogP contribution in [0.2, 0.25) is 0 Å². The van der Waals surface area contributed by atoms with E-state index in [1.54, 1.807) is 12.4 Å². The van der Waals surface area contributed by atoms with E-state index in [0.717, 1.165) is 53.2 Å². The van der Waals surface area contributed by atoms with Crippen molar-refractivity contribution in [1.29, 1.82) is 0 Å². The third-order valence-corrected chi connectivity index (χ3v) is 4.72. The fraction of sp³-hybridized carbons (Fsp3) is 0.368. The maximum Gasteiger partial charge on any atom is 0.225 e. The number of piperidine rings is 1. The number of hydrogen-bond acceptors (Lipinski definition) is 7. The first-order valence-corrected chi connectivity index (χ1v) is 8.77. The third kappa shape index (κ3) is 3.06. The van der Waals surface area contributed by atoms with Gasteiger partial charge in [0.1, 0.15) is 5.76 Å². The van der Waals surface area contributed by atoms with Crippen molar-refractivity contribution in [1.82, 2.24) is 20.1 Å². The van der Waals surface area contributed by atoms with E-state index >= 15 is 0 Å². The summed E-state index contributed by atoms with van der Waals surface area (Å²) in [5.41, 5.74) is 4.36. The minimum atomic E-state index is -0.338. The highest BCUT2D eigenvalue weighted by atomic mass is 16.5. The summed E-state index contributed by atoms with van der Waals surface area (Å²) in [7, 11) is 0. The predicted octanol–water partition coefficient (Wildman–Crippen LogP) is 2.77. The SMILES string of the molecule is Cc1noc(C)c1-c1nc(N2CCC[C@H](O)C2)ncc1-c1ccncc1. The highest BCUT2D eigenvalue weighted by Crippen LogP contribution is 2.35. The van der Waals surface area contributed by atoms with Crippen molar-refractivity contribution in [3.05, 3.63) is 42.2 Å². The van der Waals surface area contributed by atoms with E-state index in [2.05, 4.69) is 15.1 Å². The van der Waals surface area contributed by atoms with Crippen LogP contribution in [-0.2, 0) is 0 Å². The van der Waals surface area contributed by atoms with Gasteiger partial charge in [0.2, 0.25) is 5.95 Å². The van der Waals surface area contributed by atoms with Crippen molar-refractivity contribution in [3.8, 4) is 22.4 Å². The van der Waals surface area contributed by atoms with Gasteiger partial charge in [-0.15, -0.1) is 0 Å². The summed E-state index contributed by atoms with van der Waals surface area (Å²) in [5.74, 6) is 1.35. The molecular formula is C19H21N5O2. The fourth-order valence-electron chi connectivity index (χ4n) is 3.42. The van der Waals surface area contributed by atoms with Gasteiger partial charge in [-0.2, -0.15) is 0 Å². The van der Waals surface area contributed by atoms with Crippen LogP contribution in [0.3, 0.4) is 0 Å². The Morgan fingerprint density at radius 1 is 1.23 bits per heavy atom. The molecule has 7 heteroatoms. The summed E-state index contributed by atoms with van der Waals surface area (Å²) >= 11 is 0. The Hall–Kier alpha value is -2.80. The average molecular weight is 351 g/mol. The Balaban J connectivity index is 1.85. The van der Waals surface area contributed by atoms with E-state index < -0.39 is 0 Å². The van der Waals surface area contributed by atoms with E-state index in [0.29, 0.717) is 12.5 Å². The lowest BCUT2D eigenvalue weighted by atomic mass is 10.0. The molecule has 134 valence electrons. The summed E-state index contributed by atoms with van der Waals surface area (Å²) in [6.07, 6.45) is 6.75. The number of nitrogens with zero attached hydrogens (tertiary/aromatic N) is 5. The monoisotopic (exact) mass is 351 g/mol. The number of aliphatic hydroxyl groups excluding tert-OH is 1. The molecule has 1 N–H and O–H groups in total. The number of hydrogen-bond donors (Lipinski definition) is 1. The summed E-state index contributed by atoms with van der Waals surface area (Å²) in [4.78, 5) is 15.6. The molecule has 1 atom stereocenters. The molecule has 1 saturated heterocycles. The van der Waals surface area contributed by atoms with Gasteiger partial charge in [0.15, 0.2) is 0 Å². The first kappa shape index (κ1) is 16.7. The minimum absolute atomic E-state index is 0.338. The molecule has 3 aromatic rings. The largest absolute Gasteiger partial charge is 0.391 e. The number of anilines is 1. The molecule has 3 aromatic heterocycles. The van der Waals surface area contributed by atoms with E-state index in [4.69, 9.17) is 9.51 Å². The maximum absolute atomic E-state index is 9.99. The van der Waals surface area contributed by atoms with Crippen molar-refractivity contribution < 1.29 is 9.63 Å². The van der Waals surface area contributed by atoms with Crippen LogP contribution in [0.4, 0.5) is 5.95 Å². The number of β-amino-alcohol motifs (C(OH)–C–C–N with tert-alkyl or cyclic N) is 1. The lowest BCUT2D eigenvalue weighted by Gasteiger charge is -2.30. The topological polar surface area (TPSA) is 88.2 Å². The minimum Gasteiger partial charge on any atom is -0.391 e. The zero-order chi connectivity index (χ0) is 18.1. The van der Waals surface area contributed by atoms with E-state index in [9.17, 15) is 5.11 Å². The Bertz CT molecular complexity index is 890. The first-order chi connectivity index (χ1) is 12.6. The van der Waals surface area contributed by atoms with Crippen molar-refractivity contribution in [2.24, 2.45) is 0 Å². The molecule has 26 heavy (non-hydrogen) atoms. The van der Waals surface area contributed by atoms with Gasteiger partial charge >= 0.3 is 0 Å². The zero-order valence-electron chi connectivity index (χ0n) is 14.9. The van der Waals surface area contributed by atoms with Crippen molar-refractivity contribution in [2.45, 2.75) is 32.8 Å². The normalized spacial score (nSPS) is 17.5. The maximum atomic E-state index is 9.99. The first-order valence-electron chi connectivity index (χ1n) is 8.77. The van der Waals surface area contributed by atoms with Crippen LogP contribution in [-0.4, -0.2) is 44.4 Å². The molecule has 0 bridgehead atoms. The van der Waals surface area contributed by atoms with Gasteiger partial charge in [0.05, 0.1) is 23.1 Å². The van der Waals surface area contributed by atoms with Crippen LogP contribution in [0.15, 0.2) is 35.2 Å². The molecular weight excluding hydrogens is 330 g/mol. The highest BCUT2D eigenvalue weighted by Gasteiger charge is 2.23. The number of pyridine rings is 1. The quantitative estimate of drug-likeness (QED) is 0.776. The Morgan fingerprint density at radius 3 is 2.73 bits per heavy atom. The molecule has 0 spiro atoms. The summed E-state index contributed by atoms with van der Waals surface area (Å²) in [6, 6.07) is 3.87. The molecule has 4 rings (SSSR count). The molecule has 1 fully saturated rings. The van der Waals surface area contributed by atoms with Crippen LogP contribution in [0.25, 0.3) is 22.4 Å². The van der Waals surface area contributed by atoms with Crippen LogP contribution in [0, 0.1) is 13.8 Å². The lowest BCUT2D eigenvalue weighted by Crippen LogP contribution is -2.39. The van der Waals surface area contributed by atoms with Gasteiger partial charge in [0.25, 0.3) is 0 Å². The standard InChI is InChI=1S/C19H21N5O2/c1-12-17(13(2)26-23-12)18-16(14-5-7-20-8-6-14)10-21-19(22-18)24-9-3-4-15(25)11-24/h5-8,10,15,25H,3-4,9,11H2,1-2H3/t15-/m0/s1. The van der Waals surface area contributed by atoms with E-state index in [-0.39, 0.29) is 6.10 Å². The van der Waals surface area contributed by atoms with Crippen LogP contribution < -0.4 is 4.90 Å². The molecule has 0 radical (unpaired) electrons. The molecule has 0 aliphatic carbocycles. The predicted molar refractivity (Wildman–Crippen MR) is 97.7 cm³/mol. The number of aryl methyl sites for hydroxylation is 2. The van der Waals surface area contributed by atoms with Gasteiger partial charge < -0.3 is 14.5 Å². The Kier molecular flexibility index (Phi) is 4.38. The smallest absolute Gasteiger partial charge is 0.225 e. The second kappa shape index (κ2) is 6.84. The van der Waals surface area contributed by atoms with Gasteiger partial charge in [-0.1, -0.05) is 5.16 Å². The molecule has 1 aliphatic heterocycles. The average Bonchev–Trinajstić information content (AvgIpc) is 3.00. The molecule has 4 heterocycles. The van der Waals surface area contributed by atoms with Gasteiger partial charge in [-0.3, -0.25) is 4.98 Å². The molecule has 0 unspecified atom stereocenters. The summed E-state index contributed by atoms with van der Waals surface area (Å²) < 4.78 is 5.37. The van der Waals surface area contributed by atoms with Crippen LogP contribution >= 0.6 is 0 Å². The van der Waals surface area contributed by atoms with Gasteiger partial charge in [-0.25, -0.2) is 9.97 Å². The Labute approximate surface area is 151 Å². The van der Waals surface area contributed by atoms with Crippen molar-refractivity contribution >= 4 is 5.95 Å². The third-order valence-electron chi connectivity index (χ3n) is 4.72. The second-order valence-corrected chi connectivity index (χ2v) is 6.61. The number of aliphatic hydroxyl groups is 1. The molecule has 1 aliphatic rings. The zero-order valence-corrected chi connectivity index (χ0v) is 14.9. The second-order valence-electron chi connectivity index (χ2n) is 6.61. The lowest BCUT2D eigenvalue weighted by molar-refractivity contribution is 0.153. The van der Waals surface area contributed by atoms with E-state index in [1.165, 1.54) is 0 Å². The van der Waals surface area contributed by atoms with Gasteiger partial charge in [-0.05, 0) is 44.4 Å². The summed E-state index contributed by atoms with van der Waals surface area (Å²) in [5, 5.41) is 14.1. The highest BCUT2D eigenvalue weighted by molar-refractivity contribution is 5.82.